The molecule has 0 fully saturated rings. The fraction of sp³-hybridized carbons (Fsp3) is 0.188. The minimum Gasteiger partial charge on any atom is -0.331 e. The molecule has 3 rings (SSSR count). The first-order valence-corrected chi connectivity index (χ1v) is 7.15. The van der Waals surface area contributed by atoms with E-state index >= 15 is 0 Å². The third-order valence-corrected chi connectivity index (χ3v) is 4.15. The number of fused-ring (bicyclic) bond motifs is 1. The molecule has 2 aromatic carbocycles. The number of aryl methyl sites for hydroxylation is 3. The van der Waals surface area contributed by atoms with Crippen LogP contribution in [-0.4, -0.2) is 4.98 Å². The maximum Gasteiger partial charge on any atom is 0.188 e. The number of thiazole rings is 1. The van der Waals surface area contributed by atoms with Crippen LogP contribution in [0.15, 0.2) is 36.4 Å². The van der Waals surface area contributed by atoms with Crippen LogP contribution in [0, 0.1) is 20.8 Å². The van der Waals surface area contributed by atoms with Gasteiger partial charge in [0.05, 0.1) is 10.2 Å². The van der Waals surface area contributed by atoms with Gasteiger partial charge in [0, 0.05) is 5.69 Å². The molecule has 3 aromatic rings. The summed E-state index contributed by atoms with van der Waals surface area (Å²) in [5.74, 6) is 0. The van der Waals surface area contributed by atoms with Crippen molar-refractivity contribution in [2.24, 2.45) is 0 Å². The van der Waals surface area contributed by atoms with E-state index in [1.54, 1.807) is 11.3 Å². The normalized spacial score (nSPS) is 10.9. The van der Waals surface area contributed by atoms with Gasteiger partial charge >= 0.3 is 0 Å². The van der Waals surface area contributed by atoms with Crippen molar-refractivity contribution >= 4 is 32.4 Å². The molecule has 0 aliphatic rings. The average Bonchev–Trinajstić information content (AvgIpc) is 2.76. The Labute approximate surface area is 117 Å². The summed E-state index contributed by atoms with van der Waals surface area (Å²) in [4.78, 5) is 4.62. The van der Waals surface area contributed by atoms with Crippen LogP contribution in [0.2, 0.25) is 0 Å². The zero-order chi connectivity index (χ0) is 13.4. The van der Waals surface area contributed by atoms with Gasteiger partial charge in [-0.15, -0.1) is 0 Å². The van der Waals surface area contributed by atoms with Gasteiger partial charge in [-0.2, -0.15) is 0 Å². The van der Waals surface area contributed by atoms with Gasteiger partial charge in [0.15, 0.2) is 5.13 Å². The lowest BCUT2D eigenvalue weighted by Gasteiger charge is -2.11. The minimum atomic E-state index is 0.955. The molecule has 0 aliphatic carbocycles. The predicted molar refractivity (Wildman–Crippen MR) is 83.6 cm³/mol. The van der Waals surface area contributed by atoms with Crippen LogP contribution in [0.25, 0.3) is 10.2 Å². The maximum atomic E-state index is 4.62. The summed E-state index contributed by atoms with van der Waals surface area (Å²) in [6.45, 7) is 6.40. The Morgan fingerprint density at radius 1 is 1.00 bits per heavy atom. The van der Waals surface area contributed by atoms with Gasteiger partial charge in [-0.05, 0) is 44.0 Å². The maximum absolute atomic E-state index is 4.62. The van der Waals surface area contributed by atoms with Gasteiger partial charge in [0.25, 0.3) is 0 Å². The van der Waals surface area contributed by atoms with E-state index in [4.69, 9.17) is 0 Å². The van der Waals surface area contributed by atoms with E-state index in [-0.39, 0.29) is 0 Å². The first-order chi connectivity index (χ1) is 9.13. The number of benzene rings is 2. The zero-order valence-electron chi connectivity index (χ0n) is 11.3. The molecule has 0 saturated heterocycles. The van der Waals surface area contributed by atoms with E-state index in [2.05, 4.69) is 49.3 Å². The summed E-state index contributed by atoms with van der Waals surface area (Å²) in [7, 11) is 0. The molecule has 3 heteroatoms. The molecule has 1 heterocycles. The van der Waals surface area contributed by atoms with Crippen LogP contribution in [0.3, 0.4) is 0 Å². The molecular formula is C16H16N2S. The highest BCUT2D eigenvalue weighted by Gasteiger charge is 2.07. The van der Waals surface area contributed by atoms with E-state index in [0.29, 0.717) is 0 Å². The van der Waals surface area contributed by atoms with Gasteiger partial charge < -0.3 is 5.32 Å². The summed E-state index contributed by atoms with van der Waals surface area (Å²) in [6, 6.07) is 12.6. The van der Waals surface area contributed by atoms with Crippen LogP contribution in [0.1, 0.15) is 16.7 Å². The molecule has 0 aliphatic heterocycles. The zero-order valence-corrected chi connectivity index (χ0v) is 12.1. The Morgan fingerprint density at radius 2 is 1.68 bits per heavy atom. The molecule has 0 saturated carbocycles. The van der Waals surface area contributed by atoms with E-state index < -0.39 is 0 Å². The number of hydrogen-bond donors (Lipinski definition) is 1. The molecular weight excluding hydrogens is 252 g/mol. The largest absolute Gasteiger partial charge is 0.331 e. The van der Waals surface area contributed by atoms with Crippen LogP contribution in [0.5, 0.6) is 0 Å². The number of para-hydroxylation sites is 1. The SMILES string of the molecule is Cc1cc(C)c(Nc2nc3ccccc3s2)c(C)c1. The third kappa shape index (κ3) is 2.34. The first-order valence-electron chi connectivity index (χ1n) is 6.34. The van der Waals surface area contributed by atoms with Crippen molar-refractivity contribution in [3.8, 4) is 0 Å². The predicted octanol–water partition coefficient (Wildman–Crippen LogP) is 4.97. The number of hydrogen-bond acceptors (Lipinski definition) is 3. The smallest absolute Gasteiger partial charge is 0.188 e. The highest BCUT2D eigenvalue weighted by atomic mass is 32.1. The van der Waals surface area contributed by atoms with Gasteiger partial charge in [-0.3, -0.25) is 0 Å². The van der Waals surface area contributed by atoms with Gasteiger partial charge in [-0.25, -0.2) is 4.98 Å². The Balaban J connectivity index is 2.01. The number of aromatic nitrogens is 1. The monoisotopic (exact) mass is 268 g/mol. The van der Waals surface area contributed by atoms with Crippen molar-refractivity contribution < 1.29 is 0 Å². The van der Waals surface area contributed by atoms with Crippen LogP contribution >= 0.6 is 11.3 Å². The standard InChI is InChI=1S/C16H16N2S/c1-10-8-11(2)15(12(3)9-10)18-16-17-13-6-4-5-7-14(13)19-16/h4-9H,1-3H3,(H,17,18). The Bertz CT molecular complexity index is 687. The number of anilines is 2. The summed E-state index contributed by atoms with van der Waals surface area (Å²) in [5.41, 5.74) is 6.04. The Hall–Kier alpha value is -1.87. The van der Waals surface area contributed by atoms with Gasteiger partial charge in [0.2, 0.25) is 0 Å². The molecule has 0 unspecified atom stereocenters. The van der Waals surface area contributed by atoms with Crippen LogP contribution in [-0.2, 0) is 0 Å². The molecule has 0 bridgehead atoms. The second-order valence-corrected chi connectivity index (χ2v) is 5.92. The molecule has 1 N–H and O–H groups in total. The summed E-state index contributed by atoms with van der Waals surface area (Å²) in [6.07, 6.45) is 0. The summed E-state index contributed by atoms with van der Waals surface area (Å²) >= 11 is 1.69. The summed E-state index contributed by atoms with van der Waals surface area (Å²) < 4.78 is 1.22. The van der Waals surface area contributed by atoms with Crippen molar-refractivity contribution in [2.75, 3.05) is 5.32 Å². The second-order valence-electron chi connectivity index (χ2n) is 4.89. The van der Waals surface area contributed by atoms with Gasteiger partial charge in [-0.1, -0.05) is 41.2 Å². The lowest BCUT2D eigenvalue weighted by molar-refractivity contribution is 1.30. The minimum absolute atomic E-state index is 0.955. The molecule has 0 spiro atoms. The molecule has 96 valence electrons. The van der Waals surface area contributed by atoms with Crippen molar-refractivity contribution in [2.45, 2.75) is 20.8 Å². The average molecular weight is 268 g/mol. The molecule has 0 atom stereocenters. The van der Waals surface area contributed by atoms with E-state index in [1.807, 2.05) is 18.2 Å². The van der Waals surface area contributed by atoms with Crippen molar-refractivity contribution in [3.63, 3.8) is 0 Å². The van der Waals surface area contributed by atoms with Crippen molar-refractivity contribution in [1.82, 2.24) is 4.98 Å². The third-order valence-electron chi connectivity index (χ3n) is 3.20. The van der Waals surface area contributed by atoms with E-state index in [0.717, 1.165) is 10.6 Å². The van der Waals surface area contributed by atoms with Crippen molar-refractivity contribution in [3.05, 3.63) is 53.1 Å². The molecule has 1 aromatic heterocycles. The lowest BCUT2D eigenvalue weighted by atomic mass is 10.1. The number of rotatable bonds is 2. The number of nitrogens with zero attached hydrogens (tertiary/aromatic N) is 1. The fourth-order valence-electron chi connectivity index (χ4n) is 2.41. The van der Waals surface area contributed by atoms with Crippen LogP contribution < -0.4 is 5.32 Å². The summed E-state index contributed by atoms with van der Waals surface area (Å²) in [5, 5.41) is 4.42. The van der Waals surface area contributed by atoms with E-state index in [9.17, 15) is 0 Å². The number of nitrogens with one attached hydrogen (secondary N) is 1. The fourth-order valence-corrected chi connectivity index (χ4v) is 3.28. The Kier molecular flexibility index (Phi) is 2.99. The second kappa shape index (κ2) is 4.67. The topological polar surface area (TPSA) is 24.9 Å². The molecule has 19 heavy (non-hydrogen) atoms. The Morgan fingerprint density at radius 3 is 2.37 bits per heavy atom. The first kappa shape index (κ1) is 12.2. The van der Waals surface area contributed by atoms with Crippen molar-refractivity contribution in [1.29, 1.82) is 0 Å². The molecule has 2 nitrogen and oxygen atoms in total. The van der Waals surface area contributed by atoms with E-state index in [1.165, 1.54) is 27.1 Å². The highest BCUT2D eigenvalue weighted by Crippen LogP contribution is 2.31. The lowest BCUT2D eigenvalue weighted by Crippen LogP contribution is -1.96. The molecule has 0 radical (unpaired) electrons. The quantitative estimate of drug-likeness (QED) is 0.710. The highest BCUT2D eigenvalue weighted by molar-refractivity contribution is 7.22. The van der Waals surface area contributed by atoms with Crippen LogP contribution in [0.4, 0.5) is 10.8 Å². The van der Waals surface area contributed by atoms with Gasteiger partial charge in [0.1, 0.15) is 0 Å². The molecule has 0 amide bonds.